The van der Waals surface area contributed by atoms with E-state index in [1.807, 2.05) is 6.92 Å². The van der Waals surface area contributed by atoms with Crippen LogP contribution in [0.3, 0.4) is 0 Å². The first-order chi connectivity index (χ1) is 13.5. The third-order valence-electron chi connectivity index (χ3n) is 4.47. The van der Waals surface area contributed by atoms with Crippen molar-refractivity contribution in [2.45, 2.75) is 31.1 Å². The van der Waals surface area contributed by atoms with Gasteiger partial charge in [-0.15, -0.1) is 0 Å². The minimum Gasteiger partial charge on any atom is -0.496 e. The van der Waals surface area contributed by atoms with Crippen LogP contribution in [0.2, 0.25) is 0 Å². The fourth-order valence-corrected chi connectivity index (χ4v) is 4.39. The van der Waals surface area contributed by atoms with Crippen LogP contribution in [0.15, 0.2) is 23.1 Å². The summed E-state index contributed by atoms with van der Waals surface area (Å²) in [5.41, 5.74) is 0.696. The molecule has 158 valence electrons. The zero-order chi connectivity index (χ0) is 20.4. The molecule has 1 aliphatic heterocycles. The van der Waals surface area contributed by atoms with Crippen LogP contribution < -0.4 is 10.1 Å². The number of benzene rings is 1. The molecule has 1 saturated heterocycles. The minimum atomic E-state index is -3.59. The SMILES string of the molecule is CCOCCCNC(=O)CCc1cc(S(=O)(=O)N2CCOCC2)ccc1OC. The highest BCUT2D eigenvalue weighted by molar-refractivity contribution is 7.89. The number of carbonyl (C=O) groups is 1. The van der Waals surface area contributed by atoms with Crippen LogP contribution in [0.1, 0.15) is 25.3 Å². The van der Waals surface area contributed by atoms with Crippen molar-refractivity contribution in [2.75, 3.05) is 53.2 Å². The molecule has 0 radical (unpaired) electrons. The molecular weight excluding hydrogens is 384 g/mol. The smallest absolute Gasteiger partial charge is 0.243 e. The molecule has 0 saturated carbocycles. The Labute approximate surface area is 167 Å². The lowest BCUT2D eigenvalue weighted by Gasteiger charge is -2.26. The molecule has 1 amide bonds. The summed E-state index contributed by atoms with van der Waals surface area (Å²) < 4.78 is 42.9. The average Bonchev–Trinajstić information content (AvgIpc) is 2.72. The molecule has 0 bridgehead atoms. The van der Waals surface area contributed by atoms with Crippen LogP contribution in [0.25, 0.3) is 0 Å². The van der Waals surface area contributed by atoms with E-state index >= 15 is 0 Å². The van der Waals surface area contributed by atoms with Crippen LogP contribution in [0.5, 0.6) is 5.75 Å². The van der Waals surface area contributed by atoms with E-state index < -0.39 is 10.0 Å². The number of nitrogens with zero attached hydrogens (tertiary/aromatic N) is 1. The van der Waals surface area contributed by atoms with Crippen LogP contribution in [-0.4, -0.2) is 71.8 Å². The van der Waals surface area contributed by atoms with Gasteiger partial charge in [-0.1, -0.05) is 0 Å². The van der Waals surface area contributed by atoms with Gasteiger partial charge in [0, 0.05) is 39.3 Å². The molecule has 1 N–H and O–H groups in total. The lowest BCUT2D eigenvalue weighted by atomic mass is 10.1. The standard InChI is InChI=1S/C19H30N2O6S/c1-3-26-12-4-9-20-19(22)8-5-16-15-17(6-7-18(16)25-2)28(23,24)21-10-13-27-14-11-21/h6-7,15H,3-5,8-14H2,1-2H3,(H,20,22). The Morgan fingerprint density at radius 1 is 1.29 bits per heavy atom. The lowest BCUT2D eigenvalue weighted by molar-refractivity contribution is -0.121. The Balaban J connectivity index is 1.99. The zero-order valence-corrected chi connectivity index (χ0v) is 17.4. The number of carbonyl (C=O) groups excluding carboxylic acids is 1. The maximum atomic E-state index is 12.8. The number of rotatable bonds is 11. The summed E-state index contributed by atoms with van der Waals surface area (Å²) in [4.78, 5) is 12.3. The number of hydrogen-bond acceptors (Lipinski definition) is 6. The Hall–Kier alpha value is -1.68. The second kappa shape index (κ2) is 11.4. The van der Waals surface area contributed by atoms with E-state index in [0.717, 1.165) is 6.42 Å². The Morgan fingerprint density at radius 3 is 2.71 bits per heavy atom. The summed E-state index contributed by atoms with van der Waals surface area (Å²) in [5, 5.41) is 2.85. The number of hydrogen-bond donors (Lipinski definition) is 1. The van der Waals surface area contributed by atoms with E-state index in [1.165, 1.54) is 11.4 Å². The summed E-state index contributed by atoms with van der Waals surface area (Å²) in [6.07, 6.45) is 1.41. The second-order valence-electron chi connectivity index (χ2n) is 6.39. The first-order valence-corrected chi connectivity index (χ1v) is 11.0. The third kappa shape index (κ3) is 6.44. The predicted octanol–water partition coefficient (Wildman–Crippen LogP) is 1.19. The van der Waals surface area contributed by atoms with Crippen LogP contribution in [-0.2, 0) is 30.7 Å². The molecule has 1 heterocycles. The van der Waals surface area contributed by atoms with Gasteiger partial charge in [-0.3, -0.25) is 4.79 Å². The van der Waals surface area contributed by atoms with Crippen molar-refractivity contribution in [2.24, 2.45) is 0 Å². The average molecular weight is 415 g/mol. The monoisotopic (exact) mass is 414 g/mol. The first-order valence-electron chi connectivity index (χ1n) is 9.58. The van der Waals surface area contributed by atoms with Gasteiger partial charge >= 0.3 is 0 Å². The highest BCUT2D eigenvalue weighted by atomic mass is 32.2. The normalized spacial score (nSPS) is 15.4. The molecule has 0 spiro atoms. The van der Waals surface area contributed by atoms with Crippen molar-refractivity contribution < 1.29 is 27.4 Å². The number of sulfonamides is 1. The Morgan fingerprint density at radius 2 is 2.04 bits per heavy atom. The van der Waals surface area contributed by atoms with Gasteiger partial charge in [0.15, 0.2) is 0 Å². The molecule has 2 rings (SSSR count). The van der Waals surface area contributed by atoms with Gasteiger partial charge in [-0.05, 0) is 43.5 Å². The molecule has 0 aliphatic carbocycles. The fraction of sp³-hybridized carbons (Fsp3) is 0.632. The highest BCUT2D eigenvalue weighted by Crippen LogP contribution is 2.26. The molecule has 1 aromatic rings. The van der Waals surface area contributed by atoms with Gasteiger partial charge in [-0.25, -0.2) is 8.42 Å². The lowest BCUT2D eigenvalue weighted by Crippen LogP contribution is -2.40. The maximum Gasteiger partial charge on any atom is 0.243 e. The van der Waals surface area contributed by atoms with Crippen molar-refractivity contribution in [3.8, 4) is 5.75 Å². The first kappa shape index (κ1) is 22.6. The Kier molecular flexibility index (Phi) is 9.17. The predicted molar refractivity (Wildman–Crippen MR) is 105 cm³/mol. The molecule has 8 nitrogen and oxygen atoms in total. The molecule has 0 aromatic heterocycles. The van der Waals surface area contributed by atoms with Gasteiger partial charge in [-0.2, -0.15) is 4.31 Å². The number of morpholine rings is 1. The van der Waals surface area contributed by atoms with Gasteiger partial charge in [0.25, 0.3) is 0 Å². The minimum absolute atomic E-state index is 0.0833. The molecule has 0 unspecified atom stereocenters. The van der Waals surface area contributed by atoms with Gasteiger partial charge in [0.05, 0.1) is 25.2 Å². The number of amides is 1. The molecule has 0 atom stereocenters. The largest absolute Gasteiger partial charge is 0.496 e. The Bertz CT molecular complexity index is 732. The van der Waals surface area contributed by atoms with Crippen molar-refractivity contribution in [1.82, 2.24) is 9.62 Å². The number of ether oxygens (including phenoxy) is 3. The van der Waals surface area contributed by atoms with E-state index in [4.69, 9.17) is 14.2 Å². The van der Waals surface area contributed by atoms with E-state index in [2.05, 4.69) is 5.32 Å². The van der Waals surface area contributed by atoms with Crippen LogP contribution >= 0.6 is 0 Å². The van der Waals surface area contributed by atoms with Gasteiger partial charge in [0.2, 0.25) is 15.9 Å². The summed E-state index contributed by atoms with van der Waals surface area (Å²) in [6, 6.07) is 4.79. The molecular formula is C19H30N2O6S. The van der Waals surface area contributed by atoms with Crippen molar-refractivity contribution in [3.05, 3.63) is 23.8 Å². The topological polar surface area (TPSA) is 94.2 Å². The molecule has 1 aliphatic rings. The van der Waals surface area contributed by atoms with Crippen molar-refractivity contribution in [3.63, 3.8) is 0 Å². The van der Waals surface area contributed by atoms with Crippen molar-refractivity contribution >= 4 is 15.9 Å². The summed E-state index contributed by atoms with van der Waals surface area (Å²) in [7, 11) is -2.06. The van der Waals surface area contributed by atoms with E-state index in [1.54, 1.807) is 18.2 Å². The molecule has 1 aromatic carbocycles. The van der Waals surface area contributed by atoms with E-state index in [0.29, 0.717) is 63.8 Å². The van der Waals surface area contributed by atoms with E-state index in [9.17, 15) is 13.2 Å². The van der Waals surface area contributed by atoms with Gasteiger partial charge in [0.1, 0.15) is 5.75 Å². The quantitative estimate of drug-likeness (QED) is 0.547. The third-order valence-corrected chi connectivity index (χ3v) is 6.37. The number of nitrogens with one attached hydrogen (secondary N) is 1. The second-order valence-corrected chi connectivity index (χ2v) is 8.33. The number of methoxy groups -OCH3 is 1. The summed E-state index contributed by atoms with van der Waals surface area (Å²) in [6.45, 7) is 5.24. The van der Waals surface area contributed by atoms with Crippen LogP contribution in [0, 0.1) is 0 Å². The zero-order valence-electron chi connectivity index (χ0n) is 16.6. The fourth-order valence-electron chi connectivity index (χ4n) is 2.93. The number of aryl methyl sites for hydroxylation is 1. The molecule has 9 heteroatoms. The van der Waals surface area contributed by atoms with Crippen molar-refractivity contribution in [1.29, 1.82) is 0 Å². The molecule has 1 fully saturated rings. The molecule has 28 heavy (non-hydrogen) atoms. The van der Waals surface area contributed by atoms with Crippen LogP contribution in [0.4, 0.5) is 0 Å². The van der Waals surface area contributed by atoms with Gasteiger partial charge < -0.3 is 19.5 Å². The summed E-state index contributed by atoms with van der Waals surface area (Å²) in [5.74, 6) is 0.491. The summed E-state index contributed by atoms with van der Waals surface area (Å²) >= 11 is 0. The maximum absolute atomic E-state index is 12.8. The highest BCUT2D eigenvalue weighted by Gasteiger charge is 2.27. The van der Waals surface area contributed by atoms with E-state index in [-0.39, 0.29) is 17.2 Å².